The zero-order valence-electron chi connectivity index (χ0n) is 17.9. The third kappa shape index (κ3) is 7.77. The van der Waals surface area contributed by atoms with E-state index in [0.717, 1.165) is 8.61 Å². The maximum absolute atomic E-state index is 12.2. The average Bonchev–Trinajstić information content (AvgIpc) is 2.73. The number of nitrogens with one attached hydrogen (secondary N) is 1. The summed E-state index contributed by atoms with van der Waals surface area (Å²) in [7, 11) is 6.83. The molecule has 0 aliphatic heterocycles. The number of nitro benzene ring substituents is 1. The molecule has 0 aromatic heterocycles. The highest BCUT2D eigenvalue weighted by atomic mass is 32.2. The summed E-state index contributed by atoms with van der Waals surface area (Å²) in [5.41, 5.74) is 1.81. The molecule has 14 nitrogen and oxygen atoms in total. The van der Waals surface area contributed by atoms with Crippen molar-refractivity contribution in [1.29, 1.82) is 0 Å². The molecular formula is C17H22N6O8S. The second-order valence-corrected chi connectivity index (χ2v) is 7.24. The third-order valence-electron chi connectivity index (χ3n) is 3.35. The standard InChI is InChI=1S/C17H22N6O8S/c1-11(18-29-6)14(15(24)20(2)3)19-31-17(26)22(5)32-21(4)16(25)30-13-9-7-12(8-10-13)23(27)28/h7-10,18H,1H2,2-6H3. The highest BCUT2D eigenvalue weighted by molar-refractivity contribution is 7.95. The SMILES string of the molecule is C=C(NOC)C(=NOC(=O)N(C)SN(C)C(=O)Oc1ccc([N+](=O)[O-])cc1)C(=O)N(C)C. The van der Waals surface area contributed by atoms with Gasteiger partial charge in [0, 0.05) is 40.3 Å². The number of amides is 3. The zero-order valence-corrected chi connectivity index (χ0v) is 18.7. The van der Waals surface area contributed by atoms with E-state index in [4.69, 9.17) is 9.57 Å². The Bertz CT molecular complexity index is 905. The van der Waals surface area contributed by atoms with Gasteiger partial charge >= 0.3 is 12.2 Å². The Morgan fingerprint density at radius 3 is 2.16 bits per heavy atom. The molecule has 3 amide bonds. The molecule has 1 N–H and O–H groups in total. The Morgan fingerprint density at radius 1 is 1.09 bits per heavy atom. The molecule has 0 bridgehead atoms. The van der Waals surface area contributed by atoms with Gasteiger partial charge in [0.2, 0.25) is 0 Å². The van der Waals surface area contributed by atoms with Crippen molar-refractivity contribution in [2.75, 3.05) is 35.3 Å². The lowest BCUT2D eigenvalue weighted by atomic mass is 10.3. The van der Waals surface area contributed by atoms with Crippen molar-refractivity contribution in [2.45, 2.75) is 0 Å². The van der Waals surface area contributed by atoms with Crippen LogP contribution in [0.5, 0.6) is 5.75 Å². The quantitative estimate of drug-likeness (QED) is 0.185. The fraction of sp³-hybridized carbons (Fsp3) is 0.294. The predicted octanol–water partition coefficient (Wildman–Crippen LogP) is 1.77. The first-order valence-electron chi connectivity index (χ1n) is 8.58. The Labute approximate surface area is 187 Å². The van der Waals surface area contributed by atoms with Gasteiger partial charge in [-0.1, -0.05) is 11.7 Å². The molecule has 0 atom stereocenters. The van der Waals surface area contributed by atoms with Crippen molar-refractivity contribution in [3.05, 3.63) is 46.7 Å². The number of carbonyl (C=O) groups excluding carboxylic acids is 3. The molecule has 32 heavy (non-hydrogen) atoms. The molecule has 0 unspecified atom stereocenters. The molecule has 0 radical (unpaired) electrons. The van der Waals surface area contributed by atoms with Crippen LogP contribution in [-0.2, 0) is 14.5 Å². The smallest absolute Gasteiger partial charge is 0.410 e. The summed E-state index contributed by atoms with van der Waals surface area (Å²) < 4.78 is 6.93. The lowest BCUT2D eigenvalue weighted by Crippen LogP contribution is -2.35. The highest BCUT2D eigenvalue weighted by Crippen LogP contribution is 2.20. The number of non-ortho nitro benzene ring substituents is 1. The first kappa shape index (κ1) is 26.2. The van der Waals surface area contributed by atoms with E-state index in [0.29, 0.717) is 12.1 Å². The fourth-order valence-electron chi connectivity index (χ4n) is 1.80. The minimum Gasteiger partial charge on any atom is -0.410 e. The Balaban J connectivity index is 2.73. The summed E-state index contributed by atoms with van der Waals surface area (Å²) in [4.78, 5) is 57.1. The van der Waals surface area contributed by atoms with Crippen LogP contribution >= 0.6 is 12.1 Å². The molecule has 0 aliphatic carbocycles. The topological polar surface area (TPSA) is 156 Å². The maximum Gasteiger partial charge on any atom is 0.447 e. The summed E-state index contributed by atoms with van der Waals surface area (Å²) in [5.74, 6) is -0.537. The van der Waals surface area contributed by atoms with Crippen LogP contribution in [0.1, 0.15) is 0 Å². The fourth-order valence-corrected chi connectivity index (χ4v) is 2.37. The van der Waals surface area contributed by atoms with Gasteiger partial charge in [-0.2, -0.15) is 0 Å². The van der Waals surface area contributed by atoms with Gasteiger partial charge < -0.3 is 9.64 Å². The summed E-state index contributed by atoms with van der Waals surface area (Å²) in [5, 5.41) is 14.2. The summed E-state index contributed by atoms with van der Waals surface area (Å²) in [6.07, 6.45) is -1.88. The van der Waals surface area contributed by atoms with Gasteiger partial charge in [0.15, 0.2) is 5.71 Å². The number of benzene rings is 1. The number of rotatable bonds is 9. The van der Waals surface area contributed by atoms with Crippen LogP contribution in [0.25, 0.3) is 0 Å². The van der Waals surface area contributed by atoms with E-state index in [-0.39, 0.29) is 22.8 Å². The lowest BCUT2D eigenvalue weighted by Gasteiger charge is -2.20. The van der Waals surface area contributed by atoms with E-state index in [9.17, 15) is 24.5 Å². The molecule has 0 fully saturated rings. The van der Waals surface area contributed by atoms with E-state index >= 15 is 0 Å². The van der Waals surface area contributed by atoms with Crippen molar-refractivity contribution >= 4 is 41.6 Å². The first-order chi connectivity index (χ1) is 15.0. The molecular weight excluding hydrogens is 448 g/mol. The lowest BCUT2D eigenvalue weighted by molar-refractivity contribution is -0.384. The second kappa shape index (κ2) is 12.1. The summed E-state index contributed by atoms with van der Waals surface area (Å²) >= 11 is 0.610. The number of hydrogen-bond donors (Lipinski definition) is 1. The molecule has 0 saturated carbocycles. The van der Waals surface area contributed by atoms with Crippen LogP contribution in [-0.4, -0.2) is 77.5 Å². The molecule has 0 aliphatic rings. The number of nitrogens with zero attached hydrogens (tertiary/aromatic N) is 5. The number of hydrogen-bond acceptors (Lipinski definition) is 11. The monoisotopic (exact) mass is 470 g/mol. The van der Waals surface area contributed by atoms with Gasteiger partial charge in [-0.3, -0.25) is 30.1 Å². The molecule has 0 saturated heterocycles. The van der Waals surface area contributed by atoms with Crippen molar-refractivity contribution in [1.82, 2.24) is 19.0 Å². The number of carbonyl (C=O) groups is 3. The van der Waals surface area contributed by atoms with Gasteiger partial charge in [-0.05, 0) is 12.1 Å². The van der Waals surface area contributed by atoms with Gasteiger partial charge in [0.25, 0.3) is 11.6 Å². The average molecular weight is 470 g/mol. The van der Waals surface area contributed by atoms with Crippen molar-refractivity contribution in [2.24, 2.45) is 5.16 Å². The first-order valence-corrected chi connectivity index (χ1v) is 9.31. The largest absolute Gasteiger partial charge is 0.447 e. The van der Waals surface area contributed by atoms with E-state index < -0.39 is 23.0 Å². The normalized spacial score (nSPS) is 10.6. The van der Waals surface area contributed by atoms with Gasteiger partial charge in [-0.15, -0.1) is 0 Å². The van der Waals surface area contributed by atoms with E-state index in [1.807, 2.05) is 0 Å². The number of hydroxylamine groups is 1. The summed E-state index contributed by atoms with van der Waals surface area (Å²) in [6.45, 7) is 3.57. The number of ether oxygens (including phenoxy) is 1. The van der Waals surface area contributed by atoms with Crippen LogP contribution < -0.4 is 10.2 Å². The molecule has 1 aromatic carbocycles. The van der Waals surface area contributed by atoms with Gasteiger partial charge in [0.1, 0.15) is 5.75 Å². The van der Waals surface area contributed by atoms with Crippen LogP contribution in [0.4, 0.5) is 15.3 Å². The molecule has 1 rings (SSSR count). The summed E-state index contributed by atoms with van der Waals surface area (Å²) in [6, 6.07) is 4.86. The predicted molar refractivity (Wildman–Crippen MR) is 114 cm³/mol. The Morgan fingerprint density at radius 2 is 1.66 bits per heavy atom. The van der Waals surface area contributed by atoms with E-state index in [1.165, 1.54) is 64.5 Å². The Kier molecular flexibility index (Phi) is 9.91. The number of nitro groups is 1. The second-order valence-electron chi connectivity index (χ2n) is 5.98. The minimum atomic E-state index is -1.01. The molecule has 0 spiro atoms. The highest BCUT2D eigenvalue weighted by Gasteiger charge is 2.23. The van der Waals surface area contributed by atoms with Gasteiger partial charge in [0.05, 0.1) is 29.9 Å². The van der Waals surface area contributed by atoms with Crippen LogP contribution in [0, 0.1) is 10.1 Å². The molecule has 0 heterocycles. The number of oxime groups is 1. The van der Waals surface area contributed by atoms with Crippen molar-refractivity contribution < 1.29 is 33.7 Å². The van der Waals surface area contributed by atoms with Crippen molar-refractivity contribution in [3.63, 3.8) is 0 Å². The van der Waals surface area contributed by atoms with Crippen LogP contribution in [0.2, 0.25) is 0 Å². The minimum absolute atomic E-state index is 0.0434. The Hall–Kier alpha value is -3.85. The van der Waals surface area contributed by atoms with Gasteiger partial charge in [-0.25, -0.2) is 18.2 Å². The van der Waals surface area contributed by atoms with E-state index in [1.54, 1.807) is 0 Å². The molecule has 15 heteroatoms. The maximum atomic E-state index is 12.2. The van der Waals surface area contributed by atoms with Crippen molar-refractivity contribution in [3.8, 4) is 5.75 Å². The molecule has 1 aromatic rings. The molecule has 174 valence electrons. The van der Waals surface area contributed by atoms with Crippen LogP contribution in [0.15, 0.2) is 41.7 Å². The zero-order chi connectivity index (χ0) is 24.4. The third-order valence-corrected chi connectivity index (χ3v) is 4.13. The van der Waals surface area contributed by atoms with Crippen LogP contribution in [0.3, 0.4) is 0 Å². The van der Waals surface area contributed by atoms with E-state index in [2.05, 4.69) is 22.1 Å².